The summed E-state index contributed by atoms with van der Waals surface area (Å²) in [6.07, 6.45) is 48.7. The Morgan fingerprint density at radius 3 is 1.27 bits per heavy atom. The van der Waals surface area contributed by atoms with E-state index in [1.54, 1.807) is 0 Å². The number of hydrogen-bond donors (Lipinski definition) is 0. The van der Waals surface area contributed by atoms with E-state index in [4.69, 9.17) is 23.7 Å². The van der Waals surface area contributed by atoms with Crippen molar-refractivity contribution >= 4 is 24.1 Å². The van der Waals surface area contributed by atoms with E-state index in [2.05, 4.69) is 69.4 Å². The fourth-order valence-electron chi connectivity index (χ4n) is 7.41. The van der Waals surface area contributed by atoms with Gasteiger partial charge in [-0.05, 0) is 110 Å². The molecule has 0 amide bonds. The first-order chi connectivity index (χ1) is 32.7. The Hall–Kier alpha value is -3.40. The smallest absolute Gasteiger partial charge is 0.462 e. The second-order valence-corrected chi connectivity index (χ2v) is 18.5. The van der Waals surface area contributed by atoms with Crippen LogP contribution >= 0.6 is 0 Å². The average molecular weight is 944 g/mol. The first-order valence-corrected chi connectivity index (χ1v) is 27.3. The lowest BCUT2D eigenvalue weighted by atomic mass is 10.1. The zero-order chi connectivity index (χ0) is 49.1. The SMILES string of the molecule is CCCCC/C=C\C/C=C\CCCCCCCC(=O)OCC(COC(=O)CCCCCCC/C=C\C/C=C\CCCCC)OC(=O)C(CCCCCCCCCC)OC(=O)OCCCN(C)C. The molecule has 67 heavy (non-hydrogen) atoms. The molecule has 0 bridgehead atoms. The zero-order valence-corrected chi connectivity index (χ0v) is 43.8. The third-order valence-electron chi connectivity index (χ3n) is 11.6. The number of esters is 3. The first kappa shape index (κ1) is 63.6. The monoisotopic (exact) mass is 944 g/mol. The molecule has 0 spiro atoms. The molecule has 0 heterocycles. The van der Waals surface area contributed by atoms with Crippen LogP contribution in [0.2, 0.25) is 0 Å². The van der Waals surface area contributed by atoms with Crippen LogP contribution in [0.15, 0.2) is 48.6 Å². The highest BCUT2D eigenvalue weighted by Crippen LogP contribution is 2.16. The molecule has 0 aromatic rings. The average Bonchev–Trinajstić information content (AvgIpc) is 3.31. The minimum absolute atomic E-state index is 0.161. The fourth-order valence-corrected chi connectivity index (χ4v) is 7.41. The molecule has 10 heteroatoms. The molecule has 10 nitrogen and oxygen atoms in total. The molecule has 0 N–H and O–H groups in total. The summed E-state index contributed by atoms with van der Waals surface area (Å²) >= 11 is 0. The highest BCUT2D eigenvalue weighted by molar-refractivity contribution is 5.77. The van der Waals surface area contributed by atoms with Gasteiger partial charge in [0.2, 0.25) is 6.10 Å². The van der Waals surface area contributed by atoms with Gasteiger partial charge in [-0.1, -0.05) is 179 Å². The van der Waals surface area contributed by atoms with E-state index in [1.807, 2.05) is 19.0 Å². The molecule has 0 aliphatic rings. The van der Waals surface area contributed by atoms with E-state index in [0.717, 1.165) is 103 Å². The van der Waals surface area contributed by atoms with Crippen molar-refractivity contribution in [3.05, 3.63) is 48.6 Å². The summed E-state index contributed by atoms with van der Waals surface area (Å²) in [6, 6.07) is 0. The van der Waals surface area contributed by atoms with Gasteiger partial charge >= 0.3 is 24.1 Å². The second-order valence-electron chi connectivity index (χ2n) is 18.5. The maximum Gasteiger partial charge on any atom is 0.509 e. The quantitative estimate of drug-likeness (QED) is 0.0252. The molecular formula is C57H101NO9. The van der Waals surface area contributed by atoms with Crippen LogP contribution in [0, 0.1) is 0 Å². The summed E-state index contributed by atoms with van der Waals surface area (Å²) in [4.78, 5) is 54.0. The summed E-state index contributed by atoms with van der Waals surface area (Å²) in [6.45, 7) is 7.03. The molecule has 388 valence electrons. The van der Waals surface area contributed by atoms with E-state index in [-0.39, 0.29) is 39.1 Å². The molecule has 0 rings (SSSR count). The normalized spacial score (nSPS) is 12.3. The number of unbranched alkanes of at least 4 members (excludes halogenated alkanes) is 23. The Bertz CT molecular complexity index is 1210. The van der Waals surface area contributed by atoms with E-state index < -0.39 is 36.3 Å². The van der Waals surface area contributed by atoms with Gasteiger partial charge < -0.3 is 28.6 Å². The van der Waals surface area contributed by atoms with E-state index in [1.165, 1.54) is 77.0 Å². The lowest BCUT2D eigenvalue weighted by molar-refractivity contribution is -0.174. The van der Waals surface area contributed by atoms with Gasteiger partial charge in [-0.2, -0.15) is 0 Å². The molecule has 1 unspecified atom stereocenters. The molecule has 0 aromatic carbocycles. The van der Waals surface area contributed by atoms with Crippen molar-refractivity contribution in [2.75, 3.05) is 40.5 Å². The van der Waals surface area contributed by atoms with Crippen LogP contribution in [0.4, 0.5) is 4.79 Å². The van der Waals surface area contributed by atoms with Gasteiger partial charge in [0.1, 0.15) is 13.2 Å². The third-order valence-corrected chi connectivity index (χ3v) is 11.6. The van der Waals surface area contributed by atoms with Crippen LogP contribution in [0.25, 0.3) is 0 Å². The number of carbonyl (C=O) groups excluding carboxylic acids is 4. The third kappa shape index (κ3) is 47.5. The van der Waals surface area contributed by atoms with Crippen molar-refractivity contribution in [3.63, 3.8) is 0 Å². The van der Waals surface area contributed by atoms with Gasteiger partial charge in [-0.3, -0.25) is 9.59 Å². The Kier molecular flexibility index (Phi) is 47.9. The predicted molar refractivity (Wildman–Crippen MR) is 277 cm³/mol. The molecule has 0 aromatic heterocycles. The number of hydrogen-bond acceptors (Lipinski definition) is 10. The number of rotatable bonds is 48. The minimum atomic E-state index is -1.20. The van der Waals surface area contributed by atoms with E-state index >= 15 is 0 Å². The van der Waals surface area contributed by atoms with Crippen molar-refractivity contribution < 1.29 is 42.9 Å². The lowest BCUT2D eigenvalue weighted by Gasteiger charge is -2.22. The highest BCUT2D eigenvalue weighted by Gasteiger charge is 2.29. The standard InChI is InChI=1S/C57H101NO9/c1-6-9-12-15-18-21-23-25-27-29-31-33-36-39-42-46-54(59)64-50-52(51-65-55(60)47-43-40-37-34-32-30-28-26-24-22-19-16-13-10-7-2)66-56(61)53(45-41-38-35-20-17-14-11-8-3)67-57(62)63-49-44-48-58(4)5/h18-19,21-22,25-28,52-53H,6-17,20,23-24,29-51H2,1-5H3/b21-18-,22-19-,27-25-,28-26-. The molecule has 0 aliphatic heterocycles. The van der Waals surface area contributed by atoms with Crippen molar-refractivity contribution in [1.82, 2.24) is 4.90 Å². The van der Waals surface area contributed by atoms with Crippen LogP contribution < -0.4 is 0 Å². The van der Waals surface area contributed by atoms with Crippen molar-refractivity contribution in [3.8, 4) is 0 Å². The summed E-state index contributed by atoms with van der Waals surface area (Å²) in [5.74, 6) is -1.56. The predicted octanol–water partition coefficient (Wildman–Crippen LogP) is 15.6. The minimum Gasteiger partial charge on any atom is -0.462 e. The molecule has 0 fully saturated rings. The van der Waals surface area contributed by atoms with Crippen LogP contribution in [0.5, 0.6) is 0 Å². The van der Waals surface area contributed by atoms with Crippen molar-refractivity contribution in [1.29, 1.82) is 0 Å². The molecule has 0 saturated heterocycles. The van der Waals surface area contributed by atoms with Crippen LogP contribution in [0.3, 0.4) is 0 Å². The second kappa shape index (κ2) is 50.5. The van der Waals surface area contributed by atoms with Gasteiger partial charge in [0.25, 0.3) is 0 Å². The van der Waals surface area contributed by atoms with Crippen LogP contribution in [-0.2, 0) is 38.1 Å². The molecule has 1 atom stereocenters. The van der Waals surface area contributed by atoms with Gasteiger partial charge in [-0.15, -0.1) is 0 Å². The van der Waals surface area contributed by atoms with E-state index in [9.17, 15) is 19.2 Å². The Balaban J connectivity index is 5.12. The van der Waals surface area contributed by atoms with Gasteiger partial charge in [0.05, 0.1) is 6.61 Å². The number of carbonyl (C=O) groups is 4. The summed E-state index contributed by atoms with van der Waals surface area (Å²) < 4.78 is 27.8. The fraction of sp³-hybridized carbons (Fsp3) is 0.789. The Labute approximate surface area is 410 Å². The highest BCUT2D eigenvalue weighted by atomic mass is 16.7. The van der Waals surface area contributed by atoms with Gasteiger partial charge in [-0.25, -0.2) is 9.59 Å². The van der Waals surface area contributed by atoms with Crippen LogP contribution in [0.1, 0.15) is 239 Å². The van der Waals surface area contributed by atoms with Gasteiger partial charge in [0, 0.05) is 19.4 Å². The Morgan fingerprint density at radius 1 is 0.433 bits per heavy atom. The summed E-state index contributed by atoms with van der Waals surface area (Å²) in [5, 5.41) is 0. The molecule has 0 saturated carbocycles. The van der Waals surface area contributed by atoms with Gasteiger partial charge in [0.15, 0.2) is 6.10 Å². The topological polar surface area (TPSA) is 118 Å². The maximum absolute atomic E-state index is 13.6. The molecule has 0 radical (unpaired) electrons. The largest absolute Gasteiger partial charge is 0.509 e. The molecular weight excluding hydrogens is 843 g/mol. The Morgan fingerprint density at radius 2 is 0.821 bits per heavy atom. The van der Waals surface area contributed by atoms with E-state index in [0.29, 0.717) is 25.7 Å². The first-order valence-electron chi connectivity index (χ1n) is 27.3. The molecule has 0 aliphatic carbocycles. The number of nitrogens with zero attached hydrogens (tertiary/aromatic N) is 1. The summed E-state index contributed by atoms with van der Waals surface area (Å²) in [7, 11) is 3.88. The number of allylic oxidation sites excluding steroid dienone is 8. The number of ether oxygens (including phenoxy) is 5. The maximum atomic E-state index is 13.6. The zero-order valence-electron chi connectivity index (χ0n) is 43.8. The lowest BCUT2D eigenvalue weighted by Crippen LogP contribution is -2.37. The van der Waals surface area contributed by atoms with Crippen molar-refractivity contribution in [2.45, 2.75) is 251 Å². The summed E-state index contributed by atoms with van der Waals surface area (Å²) in [5.41, 5.74) is 0. The van der Waals surface area contributed by atoms with Crippen molar-refractivity contribution in [2.24, 2.45) is 0 Å². The van der Waals surface area contributed by atoms with Crippen LogP contribution in [-0.4, -0.2) is 81.6 Å².